The Morgan fingerprint density at radius 3 is 2.86 bits per heavy atom. The molecule has 0 saturated carbocycles. The van der Waals surface area contributed by atoms with E-state index >= 15 is 0 Å². The van der Waals surface area contributed by atoms with Crippen molar-refractivity contribution < 1.29 is 14.3 Å². The van der Waals surface area contributed by atoms with Crippen molar-refractivity contribution in [2.24, 2.45) is 0 Å². The molecule has 1 atom stereocenters. The zero-order valence-electron chi connectivity index (χ0n) is 8.54. The van der Waals surface area contributed by atoms with Crippen molar-refractivity contribution in [2.45, 2.75) is 45.1 Å². The second-order valence-corrected chi connectivity index (χ2v) is 3.55. The molecule has 1 heterocycles. The molecule has 0 aromatic rings. The van der Waals surface area contributed by atoms with Crippen LogP contribution < -0.4 is 5.32 Å². The number of carbonyl (C=O) groups is 2. The topological polar surface area (TPSA) is 55.4 Å². The van der Waals surface area contributed by atoms with Gasteiger partial charge in [0, 0.05) is 6.42 Å². The van der Waals surface area contributed by atoms with Gasteiger partial charge in [0.05, 0.1) is 0 Å². The van der Waals surface area contributed by atoms with E-state index in [-0.39, 0.29) is 6.04 Å². The molecular weight excluding hydrogens is 182 g/mol. The summed E-state index contributed by atoms with van der Waals surface area (Å²) < 4.78 is 4.70. The van der Waals surface area contributed by atoms with Gasteiger partial charge in [-0.15, -0.1) is 0 Å². The average molecular weight is 199 g/mol. The molecule has 0 aromatic heterocycles. The summed E-state index contributed by atoms with van der Waals surface area (Å²) in [6.45, 7) is 2.83. The van der Waals surface area contributed by atoms with Crippen LogP contribution in [0.4, 0.5) is 0 Å². The van der Waals surface area contributed by atoms with E-state index in [1.807, 2.05) is 6.92 Å². The van der Waals surface area contributed by atoms with Crippen molar-refractivity contribution in [3.05, 3.63) is 0 Å². The van der Waals surface area contributed by atoms with Crippen LogP contribution in [0.3, 0.4) is 0 Å². The lowest BCUT2D eigenvalue weighted by Crippen LogP contribution is -2.33. The molecule has 1 rings (SSSR count). The van der Waals surface area contributed by atoms with Crippen LogP contribution in [-0.4, -0.2) is 24.5 Å². The summed E-state index contributed by atoms with van der Waals surface area (Å²) in [6, 6.07) is -0.263. The number of carbonyl (C=O) groups excluding carboxylic acids is 2. The Morgan fingerprint density at radius 1 is 1.50 bits per heavy atom. The highest BCUT2D eigenvalue weighted by molar-refractivity contribution is 5.88. The van der Waals surface area contributed by atoms with E-state index in [0.29, 0.717) is 6.42 Å². The standard InChI is InChI=1S/C10H17NO3/c1-2-3-6-9(12)14-10(13)8-5-4-7-11-8/h8,11H,2-7H2,1H3/t8-/m0/s1. The molecule has 0 bridgehead atoms. The van der Waals surface area contributed by atoms with Crippen LogP contribution in [0.25, 0.3) is 0 Å². The molecule has 0 radical (unpaired) electrons. The molecule has 1 saturated heterocycles. The maximum absolute atomic E-state index is 11.3. The first-order valence-electron chi connectivity index (χ1n) is 5.22. The number of nitrogens with one attached hydrogen (secondary N) is 1. The van der Waals surface area contributed by atoms with Crippen LogP contribution in [0.5, 0.6) is 0 Å². The predicted molar refractivity (Wildman–Crippen MR) is 51.6 cm³/mol. The van der Waals surface area contributed by atoms with Crippen molar-refractivity contribution in [3.63, 3.8) is 0 Å². The Kier molecular flexibility index (Phi) is 4.59. The third-order valence-electron chi connectivity index (χ3n) is 2.29. The summed E-state index contributed by atoms with van der Waals surface area (Å²) in [5.41, 5.74) is 0. The Bertz CT molecular complexity index is 209. The summed E-state index contributed by atoms with van der Waals surface area (Å²) >= 11 is 0. The normalized spacial score (nSPS) is 20.8. The molecule has 80 valence electrons. The zero-order chi connectivity index (χ0) is 10.4. The number of esters is 2. The molecule has 0 amide bonds. The molecule has 1 aliphatic heterocycles. The lowest BCUT2D eigenvalue weighted by molar-refractivity contribution is -0.161. The van der Waals surface area contributed by atoms with Gasteiger partial charge in [-0.3, -0.25) is 4.79 Å². The van der Waals surface area contributed by atoms with Gasteiger partial charge in [-0.05, 0) is 25.8 Å². The van der Waals surface area contributed by atoms with Gasteiger partial charge in [-0.25, -0.2) is 4.79 Å². The number of unbranched alkanes of at least 4 members (excludes halogenated alkanes) is 1. The lowest BCUT2D eigenvalue weighted by Gasteiger charge is -2.08. The second kappa shape index (κ2) is 5.75. The maximum Gasteiger partial charge on any atom is 0.330 e. The van der Waals surface area contributed by atoms with Crippen LogP contribution >= 0.6 is 0 Å². The molecular formula is C10H17NO3. The number of ether oxygens (including phenoxy) is 1. The Hall–Kier alpha value is -0.900. The zero-order valence-corrected chi connectivity index (χ0v) is 8.54. The van der Waals surface area contributed by atoms with Gasteiger partial charge in [0.25, 0.3) is 0 Å². The monoisotopic (exact) mass is 199 g/mol. The SMILES string of the molecule is CCCCC(=O)OC(=O)[C@@H]1CCCN1. The van der Waals surface area contributed by atoms with Crippen molar-refractivity contribution >= 4 is 11.9 Å². The first-order chi connectivity index (χ1) is 6.74. The van der Waals surface area contributed by atoms with E-state index in [0.717, 1.165) is 32.2 Å². The quantitative estimate of drug-likeness (QED) is 0.542. The third kappa shape index (κ3) is 3.46. The van der Waals surface area contributed by atoms with Crippen molar-refractivity contribution in [1.29, 1.82) is 0 Å². The van der Waals surface area contributed by atoms with Crippen LogP contribution in [0.15, 0.2) is 0 Å². The van der Waals surface area contributed by atoms with Crippen LogP contribution in [0.1, 0.15) is 39.0 Å². The fraction of sp³-hybridized carbons (Fsp3) is 0.800. The largest absolute Gasteiger partial charge is 0.392 e. The van der Waals surface area contributed by atoms with E-state index < -0.39 is 11.9 Å². The minimum atomic E-state index is -0.413. The van der Waals surface area contributed by atoms with Crippen LogP contribution in [-0.2, 0) is 14.3 Å². The minimum absolute atomic E-state index is 0.263. The summed E-state index contributed by atoms with van der Waals surface area (Å²) in [5.74, 6) is -0.811. The van der Waals surface area contributed by atoms with Crippen molar-refractivity contribution in [3.8, 4) is 0 Å². The third-order valence-corrected chi connectivity index (χ3v) is 2.29. The van der Waals surface area contributed by atoms with Gasteiger partial charge in [0.15, 0.2) is 0 Å². The molecule has 1 aliphatic rings. The average Bonchev–Trinajstić information content (AvgIpc) is 2.67. The number of hydrogen-bond acceptors (Lipinski definition) is 4. The summed E-state index contributed by atoms with van der Waals surface area (Å²) in [5, 5.41) is 2.99. The lowest BCUT2D eigenvalue weighted by atomic mass is 10.2. The van der Waals surface area contributed by atoms with Gasteiger partial charge < -0.3 is 10.1 Å². The van der Waals surface area contributed by atoms with E-state index in [2.05, 4.69) is 5.32 Å². The predicted octanol–water partition coefficient (Wildman–Crippen LogP) is 0.998. The van der Waals surface area contributed by atoms with Crippen LogP contribution in [0, 0.1) is 0 Å². The molecule has 0 aromatic carbocycles. The minimum Gasteiger partial charge on any atom is -0.392 e. The summed E-state index contributed by atoms with van der Waals surface area (Å²) in [7, 11) is 0. The Balaban J connectivity index is 2.21. The number of hydrogen-bond donors (Lipinski definition) is 1. The molecule has 4 nitrogen and oxygen atoms in total. The van der Waals surface area contributed by atoms with E-state index in [9.17, 15) is 9.59 Å². The van der Waals surface area contributed by atoms with E-state index in [4.69, 9.17) is 4.74 Å². The van der Waals surface area contributed by atoms with E-state index in [1.165, 1.54) is 0 Å². The van der Waals surface area contributed by atoms with Crippen molar-refractivity contribution in [2.75, 3.05) is 6.54 Å². The summed E-state index contributed by atoms with van der Waals surface area (Å²) in [4.78, 5) is 22.4. The van der Waals surface area contributed by atoms with Gasteiger partial charge in [-0.2, -0.15) is 0 Å². The molecule has 0 unspecified atom stereocenters. The maximum atomic E-state index is 11.3. The van der Waals surface area contributed by atoms with Gasteiger partial charge in [-0.1, -0.05) is 13.3 Å². The second-order valence-electron chi connectivity index (χ2n) is 3.55. The van der Waals surface area contributed by atoms with E-state index in [1.54, 1.807) is 0 Å². The fourth-order valence-corrected chi connectivity index (χ4v) is 1.44. The Labute approximate surface area is 84.0 Å². The highest BCUT2D eigenvalue weighted by Gasteiger charge is 2.25. The molecule has 14 heavy (non-hydrogen) atoms. The molecule has 1 fully saturated rings. The smallest absolute Gasteiger partial charge is 0.330 e. The van der Waals surface area contributed by atoms with Gasteiger partial charge >= 0.3 is 11.9 Å². The highest BCUT2D eigenvalue weighted by atomic mass is 16.6. The molecule has 1 N–H and O–H groups in total. The fourth-order valence-electron chi connectivity index (χ4n) is 1.44. The first kappa shape index (κ1) is 11.2. The number of rotatable bonds is 4. The highest BCUT2D eigenvalue weighted by Crippen LogP contribution is 2.07. The molecule has 0 aliphatic carbocycles. The van der Waals surface area contributed by atoms with Crippen molar-refractivity contribution in [1.82, 2.24) is 5.32 Å². The van der Waals surface area contributed by atoms with Crippen LogP contribution in [0.2, 0.25) is 0 Å². The molecule has 4 heteroatoms. The van der Waals surface area contributed by atoms with Gasteiger partial charge in [0.2, 0.25) is 0 Å². The summed E-state index contributed by atoms with van der Waals surface area (Å²) in [6.07, 6.45) is 3.81. The molecule has 0 spiro atoms. The van der Waals surface area contributed by atoms with Gasteiger partial charge in [0.1, 0.15) is 6.04 Å². The Morgan fingerprint density at radius 2 is 2.29 bits per heavy atom. The first-order valence-corrected chi connectivity index (χ1v) is 5.22.